The van der Waals surface area contributed by atoms with E-state index in [1.54, 1.807) is 7.11 Å². The average Bonchev–Trinajstić information content (AvgIpc) is 2.46. The standard InChI is InChI=1S/C17H27NO/c1-17(11-4-3-5-12-17)16(18)15-8-6-14(7-9-15)10-13-19-2/h6-9,16H,3-5,10-13,18H2,1-2H3. The maximum Gasteiger partial charge on any atom is 0.0502 e. The fraction of sp³-hybridized carbons (Fsp3) is 0.647. The molecule has 2 heteroatoms. The summed E-state index contributed by atoms with van der Waals surface area (Å²) in [6, 6.07) is 8.97. The van der Waals surface area contributed by atoms with Crippen molar-refractivity contribution in [2.45, 2.75) is 51.5 Å². The summed E-state index contributed by atoms with van der Waals surface area (Å²) in [7, 11) is 1.74. The van der Waals surface area contributed by atoms with E-state index in [1.807, 2.05) is 0 Å². The predicted octanol–water partition coefficient (Wildman–Crippen LogP) is 3.85. The van der Waals surface area contributed by atoms with Gasteiger partial charge in [0.15, 0.2) is 0 Å². The van der Waals surface area contributed by atoms with Gasteiger partial charge in [0.25, 0.3) is 0 Å². The first-order valence-electron chi connectivity index (χ1n) is 7.49. The average molecular weight is 261 g/mol. The first-order valence-corrected chi connectivity index (χ1v) is 7.49. The Bertz CT molecular complexity index is 379. The van der Waals surface area contributed by atoms with Gasteiger partial charge < -0.3 is 10.5 Å². The van der Waals surface area contributed by atoms with Crippen molar-refractivity contribution >= 4 is 0 Å². The van der Waals surface area contributed by atoms with Crippen LogP contribution in [0.3, 0.4) is 0 Å². The molecule has 1 atom stereocenters. The highest BCUT2D eigenvalue weighted by Crippen LogP contribution is 2.44. The van der Waals surface area contributed by atoms with Crippen molar-refractivity contribution in [3.05, 3.63) is 35.4 Å². The Morgan fingerprint density at radius 2 is 1.79 bits per heavy atom. The maximum absolute atomic E-state index is 6.53. The quantitative estimate of drug-likeness (QED) is 0.874. The minimum Gasteiger partial charge on any atom is -0.384 e. The molecule has 19 heavy (non-hydrogen) atoms. The Hall–Kier alpha value is -0.860. The molecule has 0 saturated heterocycles. The Morgan fingerprint density at radius 1 is 1.16 bits per heavy atom. The number of benzene rings is 1. The third-order valence-corrected chi connectivity index (χ3v) is 4.68. The van der Waals surface area contributed by atoms with Crippen molar-refractivity contribution in [3.63, 3.8) is 0 Å². The molecule has 1 aromatic carbocycles. The third kappa shape index (κ3) is 3.58. The number of methoxy groups -OCH3 is 1. The lowest BCUT2D eigenvalue weighted by Gasteiger charge is -2.39. The molecule has 106 valence electrons. The Kier molecular flexibility index (Phi) is 5.00. The minimum absolute atomic E-state index is 0.171. The fourth-order valence-corrected chi connectivity index (χ4v) is 3.18. The molecule has 1 aliphatic rings. The van der Waals surface area contributed by atoms with Crippen molar-refractivity contribution in [2.75, 3.05) is 13.7 Å². The van der Waals surface area contributed by atoms with Crippen LogP contribution in [0.25, 0.3) is 0 Å². The lowest BCUT2D eigenvalue weighted by molar-refractivity contribution is 0.170. The Balaban J connectivity index is 2.04. The van der Waals surface area contributed by atoms with E-state index in [0.29, 0.717) is 0 Å². The largest absolute Gasteiger partial charge is 0.384 e. The van der Waals surface area contributed by atoms with Crippen LogP contribution in [-0.4, -0.2) is 13.7 Å². The number of ether oxygens (including phenoxy) is 1. The molecule has 0 aromatic heterocycles. The SMILES string of the molecule is COCCc1ccc(C(N)C2(C)CCCCC2)cc1. The van der Waals surface area contributed by atoms with Gasteiger partial charge in [-0.2, -0.15) is 0 Å². The second-order valence-corrected chi connectivity index (χ2v) is 6.18. The summed E-state index contributed by atoms with van der Waals surface area (Å²) < 4.78 is 5.11. The number of nitrogens with two attached hydrogens (primary N) is 1. The summed E-state index contributed by atoms with van der Waals surface area (Å²) in [6.07, 6.45) is 7.53. The molecular formula is C17H27NO. The van der Waals surface area contributed by atoms with Gasteiger partial charge in [-0.1, -0.05) is 50.5 Å². The van der Waals surface area contributed by atoms with Crippen LogP contribution in [0.1, 0.15) is 56.2 Å². The first kappa shape index (κ1) is 14.5. The van der Waals surface area contributed by atoms with E-state index in [1.165, 1.54) is 43.2 Å². The molecule has 0 radical (unpaired) electrons. The van der Waals surface area contributed by atoms with Crippen LogP contribution in [0.15, 0.2) is 24.3 Å². The highest BCUT2D eigenvalue weighted by Gasteiger charge is 2.33. The van der Waals surface area contributed by atoms with Crippen molar-refractivity contribution in [3.8, 4) is 0 Å². The lowest BCUT2D eigenvalue weighted by Crippen LogP contribution is -2.33. The molecule has 1 fully saturated rings. The molecule has 2 nitrogen and oxygen atoms in total. The van der Waals surface area contributed by atoms with Crippen LogP contribution in [0.5, 0.6) is 0 Å². The van der Waals surface area contributed by atoms with E-state index in [2.05, 4.69) is 31.2 Å². The van der Waals surface area contributed by atoms with Crippen LogP contribution < -0.4 is 5.73 Å². The van der Waals surface area contributed by atoms with Crippen LogP contribution in [0, 0.1) is 5.41 Å². The van der Waals surface area contributed by atoms with Gasteiger partial charge in [-0.3, -0.25) is 0 Å². The fourth-order valence-electron chi connectivity index (χ4n) is 3.18. The van der Waals surface area contributed by atoms with Gasteiger partial charge in [0.1, 0.15) is 0 Å². The maximum atomic E-state index is 6.53. The lowest BCUT2D eigenvalue weighted by atomic mass is 9.69. The van der Waals surface area contributed by atoms with Gasteiger partial charge in [0.05, 0.1) is 6.61 Å². The molecule has 1 aliphatic carbocycles. The molecular weight excluding hydrogens is 234 g/mol. The Morgan fingerprint density at radius 3 is 2.37 bits per heavy atom. The van der Waals surface area contributed by atoms with Crippen molar-refractivity contribution in [1.29, 1.82) is 0 Å². The van der Waals surface area contributed by atoms with E-state index in [9.17, 15) is 0 Å². The summed E-state index contributed by atoms with van der Waals surface area (Å²) in [6.45, 7) is 3.14. The minimum atomic E-state index is 0.171. The second kappa shape index (κ2) is 6.53. The molecule has 0 aliphatic heterocycles. The molecule has 0 heterocycles. The monoisotopic (exact) mass is 261 g/mol. The Labute approximate surface area is 117 Å². The van der Waals surface area contributed by atoms with Gasteiger partial charge in [-0.25, -0.2) is 0 Å². The molecule has 0 spiro atoms. The second-order valence-electron chi connectivity index (χ2n) is 6.18. The zero-order valence-electron chi connectivity index (χ0n) is 12.3. The summed E-state index contributed by atoms with van der Waals surface area (Å²) in [4.78, 5) is 0. The highest BCUT2D eigenvalue weighted by atomic mass is 16.5. The first-order chi connectivity index (χ1) is 9.15. The van der Waals surface area contributed by atoms with Gasteiger partial charge >= 0.3 is 0 Å². The third-order valence-electron chi connectivity index (χ3n) is 4.68. The van der Waals surface area contributed by atoms with Gasteiger partial charge in [0.2, 0.25) is 0 Å². The molecule has 0 amide bonds. The van der Waals surface area contributed by atoms with Gasteiger partial charge in [-0.05, 0) is 35.8 Å². The van der Waals surface area contributed by atoms with E-state index in [4.69, 9.17) is 10.5 Å². The highest BCUT2D eigenvalue weighted by molar-refractivity contribution is 5.26. The zero-order chi connectivity index (χ0) is 13.7. The van der Waals surface area contributed by atoms with E-state index >= 15 is 0 Å². The van der Waals surface area contributed by atoms with Crippen LogP contribution in [-0.2, 0) is 11.2 Å². The summed E-state index contributed by atoms with van der Waals surface area (Å²) >= 11 is 0. The number of rotatable bonds is 5. The van der Waals surface area contributed by atoms with Crippen LogP contribution >= 0.6 is 0 Å². The molecule has 2 rings (SSSR count). The topological polar surface area (TPSA) is 35.2 Å². The van der Waals surface area contributed by atoms with E-state index in [-0.39, 0.29) is 11.5 Å². The normalized spacial score (nSPS) is 20.2. The summed E-state index contributed by atoms with van der Waals surface area (Å²) in [5, 5.41) is 0. The molecule has 1 saturated carbocycles. The molecule has 2 N–H and O–H groups in total. The predicted molar refractivity (Wildman–Crippen MR) is 80.1 cm³/mol. The van der Waals surface area contributed by atoms with Gasteiger partial charge in [-0.15, -0.1) is 0 Å². The molecule has 0 bridgehead atoms. The van der Waals surface area contributed by atoms with Crippen LogP contribution in [0.4, 0.5) is 0 Å². The van der Waals surface area contributed by atoms with Crippen molar-refractivity contribution in [1.82, 2.24) is 0 Å². The van der Waals surface area contributed by atoms with E-state index in [0.717, 1.165) is 13.0 Å². The summed E-state index contributed by atoms with van der Waals surface area (Å²) in [5.41, 5.74) is 9.42. The van der Waals surface area contributed by atoms with Gasteiger partial charge in [0, 0.05) is 13.2 Å². The van der Waals surface area contributed by atoms with Crippen molar-refractivity contribution in [2.24, 2.45) is 11.1 Å². The van der Waals surface area contributed by atoms with Crippen molar-refractivity contribution < 1.29 is 4.74 Å². The zero-order valence-corrected chi connectivity index (χ0v) is 12.3. The smallest absolute Gasteiger partial charge is 0.0502 e. The molecule has 1 unspecified atom stereocenters. The molecule has 1 aromatic rings. The number of hydrogen-bond acceptors (Lipinski definition) is 2. The van der Waals surface area contributed by atoms with E-state index < -0.39 is 0 Å². The van der Waals surface area contributed by atoms with Crippen LogP contribution in [0.2, 0.25) is 0 Å². The summed E-state index contributed by atoms with van der Waals surface area (Å²) in [5.74, 6) is 0. The number of hydrogen-bond donors (Lipinski definition) is 1.